The van der Waals surface area contributed by atoms with E-state index in [-0.39, 0.29) is 17.0 Å². The van der Waals surface area contributed by atoms with Crippen LogP contribution in [0, 0.1) is 0 Å². The first-order chi connectivity index (χ1) is 13.7. The van der Waals surface area contributed by atoms with Gasteiger partial charge in [0.25, 0.3) is 5.91 Å². The highest BCUT2D eigenvalue weighted by molar-refractivity contribution is 7.89. The van der Waals surface area contributed by atoms with Crippen LogP contribution in [0.2, 0.25) is 0 Å². The third-order valence-electron chi connectivity index (χ3n) is 4.15. The van der Waals surface area contributed by atoms with Crippen molar-refractivity contribution in [2.45, 2.75) is 24.5 Å². The van der Waals surface area contributed by atoms with Crippen LogP contribution < -0.4 is 10.1 Å². The van der Waals surface area contributed by atoms with Crippen LogP contribution in [0.1, 0.15) is 22.8 Å². The maximum Gasteiger partial charge on any atom is 0.338 e. The summed E-state index contributed by atoms with van der Waals surface area (Å²) in [5.74, 6) is -0.640. The number of benzene rings is 2. The molecular formula is C20H24N2O6S. The van der Waals surface area contributed by atoms with E-state index in [4.69, 9.17) is 9.47 Å². The van der Waals surface area contributed by atoms with E-state index in [1.54, 1.807) is 6.07 Å². The van der Waals surface area contributed by atoms with Gasteiger partial charge in [-0.2, -0.15) is 0 Å². The van der Waals surface area contributed by atoms with E-state index in [0.29, 0.717) is 5.75 Å². The number of sulfonamides is 1. The molecule has 9 heteroatoms. The SMILES string of the molecule is COc1ccccc1CNC(=O)C(C)OC(=O)c1cccc(S(=O)(=O)N(C)C)c1. The van der Waals surface area contributed by atoms with Crippen molar-refractivity contribution in [1.29, 1.82) is 0 Å². The van der Waals surface area contributed by atoms with Crippen LogP contribution in [0.15, 0.2) is 53.4 Å². The molecule has 0 heterocycles. The topological polar surface area (TPSA) is 102 Å². The molecule has 0 aliphatic carbocycles. The standard InChI is InChI=1S/C20H24N2O6S/c1-14(19(23)21-13-16-8-5-6-11-18(16)27-4)28-20(24)15-9-7-10-17(12-15)29(25,26)22(2)3/h5-12,14H,13H2,1-4H3,(H,21,23). The second kappa shape index (κ2) is 9.53. The monoisotopic (exact) mass is 420 g/mol. The van der Waals surface area contributed by atoms with Crippen molar-refractivity contribution in [3.63, 3.8) is 0 Å². The van der Waals surface area contributed by atoms with Gasteiger partial charge in [0.1, 0.15) is 5.75 Å². The fraction of sp³-hybridized carbons (Fsp3) is 0.300. The first-order valence-corrected chi connectivity index (χ1v) is 10.2. The third kappa shape index (κ3) is 5.55. The van der Waals surface area contributed by atoms with Crippen molar-refractivity contribution in [2.75, 3.05) is 21.2 Å². The van der Waals surface area contributed by atoms with Crippen LogP contribution in [0.5, 0.6) is 5.75 Å². The van der Waals surface area contributed by atoms with Crippen LogP contribution in [0.3, 0.4) is 0 Å². The van der Waals surface area contributed by atoms with Crippen LogP contribution in [0.25, 0.3) is 0 Å². The third-order valence-corrected chi connectivity index (χ3v) is 5.96. The Bertz CT molecular complexity index is 988. The molecule has 0 spiro atoms. The second-order valence-corrected chi connectivity index (χ2v) is 8.54. The lowest BCUT2D eigenvalue weighted by atomic mass is 10.2. The highest BCUT2D eigenvalue weighted by Crippen LogP contribution is 2.18. The molecule has 156 valence electrons. The minimum Gasteiger partial charge on any atom is -0.496 e. The zero-order chi connectivity index (χ0) is 21.6. The molecule has 0 aromatic heterocycles. The number of nitrogens with one attached hydrogen (secondary N) is 1. The molecule has 0 saturated heterocycles. The highest BCUT2D eigenvalue weighted by atomic mass is 32.2. The number of esters is 1. The molecule has 1 amide bonds. The molecule has 0 fully saturated rings. The first kappa shape index (κ1) is 22.4. The maximum atomic E-state index is 12.4. The quantitative estimate of drug-likeness (QED) is 0.654. The number of hydrogen-bond donors (Lipinski definition) is 1. The molecule has 0 aliphatic rings. The van der Waals surface area contributed by atoms with E-state index in [2.05, 4.69) is 5.32 Å². The molecule has 1 N–H and O–H groups in total. The maximum absolute atomic E-state index is 12.4. The Hall–Kier alpha value is -2.91. The van der Waals surface area contributed by atoms with Crippen LogP contribution >= 0.6 is 0 Å². The lowest BCUT2D eigenvalue weighted by Gasteiger charge is -2.15. The Balaban J connectivity index is 2.02. The van der Waals surface area contributed by atoms with Crippen molar-refractivity contribution < 1.29 is 27.5 Å². The van der Waals surface area contributed by atoms with E-state index < -0.39 is 28.0 Å². The fourth-order valence-corrected chi connectivity index (χ4v) is 3.40. The highest BCUT2D eigenvalue weighted by Gasteiger charge is 2.22. The number of nitrogens with zero attached hydrogens (tertiary/aromatic N) is 1. The lowest BCUT2D eigenvalue weighted by Crippen LogP contribution is -2.35. The van der Waals surface area contributed by atoms with Crippen molar-refractivity contribution in [3.05, 3.63) is 59.7 Å². The number of methoxy groups -OCH3 is 1. The summed E-state index contributed by atoms with van der Waals surface area (Å²) in [5, 5.41) is 2.68. The Morgan fingerprint density at radius 2 is 1.79 bits per heavy atom. The summed E-state index contributed by atoms with van der Waals surface area (Å²) in [6.45, 7) is 1.65. The second-order valence-electron chi connectivity index (χ2n) is 6.39. The van der Waals surface area contributed by atoms with Gasteiger partial charge in [-0.25, -0.2) is 17.5 Å². The summed E-state index contributed by atoms with van der Waals surface area (Å²) < 4.78 is 35.9. The summed E-state index contributed by atoms with van der Waals surface area (Å²) in [5.41, 5.74) is 0.820. The number of hydrogen-bond acceptors (Lipinski definition) is 6. The molecule has 29 heavy (non-hydrogen) atoms. The summed E-state index contributed by atoms with van der Waals surface area (Å²) in [6, 6.07) is 12.7. The minimum atomic E-state index is -3.69. The molecule has 1 atom stereocenters. The smallest absolute Gasteiger partial charge is 0.338 e. The Kier molecular flexibility index (Phi) is 7.35. The molecule has 0 bridgehead atoms. The Morgan fingerprint density at radius 1 is 1.10 bits per heavy atom. The lowest BCUT2D eigenvalue weighted by molar-refractivity contribution is -0.129. The largest absolute Gasteiger partial charge is 0.496 e. The average molecular weight is 420 g/mol. The molecular weight excluding hydrogens is 396 g/mol. The number of carbonyl (C=O) groups excluding carboxylic acids is 2. The number of amides is 1. The van der Waals surface area contributed by atoms with E-state index in [1.807, 2.05) is 18.2 Å². The summed E-state index contributed by atoms with van der Waals surface area (Å²) in [6.07, 6.45) is -1.06. The van der Waals surface area contributed by atoms with Crippen LogP contribution in [-0.2, 0) is 26.1 Å². The van der Waals surface area contributed by atoms with Crippen molar-refractivity contribution in [1.82, 2.24) is 9.62 Å². The van der Waals surface area contributed by atoms with Crippen LogP contribution in [-0.4, -0.2) is 51.9 Å². The van der Waals surface area contributed by atoms with Gasteiger partial charge >= 0.3 is 5.97 Å². The summed E-state index contributed by atoms with van der Waals surface area (Å²) >= 11 is 0. The molecule has 0 aliphatic heterocycles. The van der Waals surface area contributed by atoms with Gasteiger partial charge in [-0.05, 0) is 31.2 Å². The number of rotatable bonds is 8. The Labute approximate surface area is 170 Å². The molecule has 2 rings (SSSR count). The number of ether oxygens (including phenoxy) is 2. The van der Waals surface area contributed by atoms with Crippen molar-refractivity contribution in [2.24, 2.45) is 0 Å². The van der Waals surface area contributed by atoms with Gasteiger partial charge in [-0.15, -0.1) is 0 Å². The fourth-order valence-electron chi connectivity index (χ4n) is 2.45. The van der Waals surface area contributed by atoms with Crippen molar-refractivity contribution in [3.8, 4) is 5.75 Å². The average Bonchev–Trinajstić information content (AvgIpc) is 2.71. The predicted molar refractivity (Wildman–Crippen MR) is 107 cm³/mol. The number of carbonyl (C=O) groups is 2. The van der Waals surface area contributed by atoms with E-state index >= 15 is 0 Å². The first-order valence-electron chi connectivity index (χ1n) is 8.80. The van der Waals surface area contributed by atoms with Gasteiger partial charge in [-0.1, -0.05) is 24.3 Å². The molecule has 2 aromatic rings. The van der Waals surface area contributed by atoms with Gasteiger partial charge in [0.05, 0.1) is 17.6 Å². The summed E-state index contributed by atoms with van der Waals surface area (Å²) in [7, 11) is 0.643. The number of para-hydroxylation sites is 1. The van der Waals surface area contributed by atoms with Gasteiger partial charge in [0.15, 0.2) is 6.10 Å². The predicted octanol–water partition coefficient (Wildman–Crippen LogP) is 1.81. The van der Waals surface area contributed by atoms with E-state index in [9.17, 15) is 18.0 Å². The van der Waals surface area contributed by atoms with Gasteiger partial charge in [-0.3, -0.25) is 4.79 Å². The molecule has 1 unspecified atom stereocenters. The zero-order valence-corrected chi connectivity index (χ0v) is 17.5. The molecule has 2 aromatic carbocycles. The van der Waals surface area contributed by atoms with E-state index in [0.717, 1.165) is 9.87 Å². The normalized spacial score (nSPS) is 12.3. The van der Waals surface area contributed by atoms with E-state index in [1.165, 1.54) is 52.4 Å². The van der Waals surface area contributed by atoms with Crippen molar-refractivity contribution >= 4 is 21.9 Å². The van der Waals surface area contributed by atoms with Gasteiger partial charge in [0, 0.05) is 26.2 Å². The summed E-state index contributed by atoms with van der Waals surface area (Å²) in [4.78, 5) is 24.6. The van der Waals surface area contributed by atoms with Gasteiger partial charge < -0.3 is 14.8 Å². The zero-order valence-electron chi connectivity index (χ0n) is 16.7. The molecule has 8 nitrogen and oxygen atoms in total. The molecule has 0 saturated carbocycles. The minimum absolute atomic E-state index is 0.0368. The van der Waals surface area contributed by atoms with Crippen LogP contribution in [0.4, 0.5) is 0 Å². The van der Waals surface area contributed by atoms with Gasteiger partial charge in [0.2, 0.25) is 10.0 Å². The molecule has 0 radical (unpaired) electrons. The Morgan fingerprint density at radius 3 is 2.45 bits per heavy atom.